The first-order valence-electron chi connectivity index (χ1n) is 10.3. The van der Waals surface area contributed by atoms with Gasteiger partial charge in [0.2, 0.25) is 0 Å². The molecule has 0 unspecified atom stereocenters. The molecule has 0 aliphatic heterocycles. The zero-order chi connectivity index (χ0) is 22.5. The number of ether oxygens (including phenoxy) is 1. The number of fused-ring (bicyclic) bond motifs is 2. The van der Waals surface area contributed by atoms with Crippen molar-refractivity contribution in [2.24, 2.45) is 0 Å². The van der Waals surface area contributed by atoms with Crippen LogP contribution in [-0.2, 0) is 16.0 Å². The van der Waals surface area contributed by atoms with E-state index in [9.17, 15) is 9.59 Å². The first kappa shape index (κ1) is 21.5. The van der Waals surface area contributed by atoms with Crippen molar-refractivity contribution in [1.29, 1.82) is 5.26 Å². The van der Waals surface area contributed by atoms with Gasteiger partial charge >= 0.3 is 5.97 Å². The van der Waals surface area contributed by atoms with Crippen LogP contribution in [0.5, 0.6) is 0 Å². The largest absolute Gasteiger partial charge is 0.452 e. The van der Waals surface area contributed by atoms with E-state index in [4.69, 9.17) is 26.6 Å². The number of rotatable bonds is 6. The molecule has 0 bridgehead atoms. The lowest BCUT2D eigenvalue weighted by Crippen LogP contribution is -2.29. The van der Waals surface area contributed by atoms with Gasteiger partial charge in [0.05, 0.1) is 29.3 Å². The lowest BCUT2D eigenvalue weighted by molar-refractivity contribution is -0.124. The first-order chi connectivity index (χ1) is 15.6. The zero-order valence-corrected chi connectivity index (χ0v) is 18.0. The van der Waals surface area contributed by atoms with Crippen molar-refractivity contribution in [2.45, 2.75) is 19.3 Å². The number of carbonyl (C=O) groups excluding carboxylic acids is 2. The number of halogens is 1. The Morgan fingerprint density at radius 3 is 2.72 bits per heavy atom. The SMILES string of the molecule is N#CCCNC(=O)COC(=O)c1c2c(nc3ccccc13)C(=Cc1ccc(Cl)cc1)CC2. The van der Waals surface area contributed by atoms with Crippen LogP contribution in [0.25, 0.3) is 22.6 Å². The molecule has 6 nitrogen and oxygen atoms in total. The molecule has 1 heterocycles. The van der Waals surface area contributed by atoms with Crippen LogP contribution in [0.15, 0.2) is 48.5 Å². The topological polar surface area (TPSA) is 92.1 Å². The number of aromatic nitrogens is 1. The highest BCUT2D eigenvalue weighted by atomic mass is 35.5. The summed E-state index contributed by atoms with van der Waals surface area (Å²) in [6.45, 7) is -0.178. The molecule has 3 aromatic rings. The first-order valence-corrected chi connectivity index (χ1v) is 10.6. The summed E-state index contributed by atoms with van der Waals surface area (Å²) in [6.07, 6.45) is 3.66. The number of nitriles is 1. The molecule has 1 amide bonds. The molecule has 32 heavy (non-hydrogen) atoms. The Labute approximate surface area is 190 Å². The minimum Gasteiger partial charge on any atom is -0.452 e. The third-order valence-corrected chi connectivity index (χ3v) is 5.50. The molecule has 1 aliphatic rings. The van der Waals surface area contributed by atoms with Gasteiger partial charge in [-0.2, -0.15) is 5.26 Å². The van der Waals surface area contributed by atoms with Gasteiger partial charge in [0.25, 0.3) is 5.91 Å². The van der Waals surface area contributed by atoms with Crippen LogP contribution in [0.3, 0.4) is 0 Å². The summed E-state index contributed by atoms with van der Waals surface area (Å²) >= 11 is 5.99. The lowest BCUT2D eigenvalue weighted by atomic mass is 10.0. The predicted molar refractivity (Wildman–Crippen MR) is 123 cm³/mol. The van der Waals surface area contributed by atoms with Gasteiger partial charge in [-0.1, -0.05) is 41.9 Å². The maximum atomic E-state index is 13.0. The van der Waals surface area contributed by atoms with E-state index in [1.165, 1.54) is 0 Å². The van der Waals surface area contributed by atoms with Gasteiger partial charge in [-0.15, -0.1) is 0 Å². The summed E-state index contributed by atoms with van der Waals surface area (Å²) in [4.78, 5) is 29.8. The molecule has 2 aromatic carbocycles. The summed E-state index contributed by atoms with van der Waals surface area (Å²) in [5.74, 6) is -0.991. The molecule has 0 radical (unpaired) electrons. The maximum Gasteiger partial charge on any atom is 0.339 e. The number of pyridine rings is 1. The molecular weight excluding hydrogens is 426 g/mol. The zero-order valence-electron chi connectivity index (χ0n) is 17.2. The van der Waals surface area contributed by atoms with Gasteiger partial charge < -0.3 is 10.1 Å². The van der Waals surface area contributed by atoms with E-state index in [0.717, 1.165) is 28.8 Å². The van der Waals surface area contributed by atoms with Crippen molar-refractivity contribution in [2.75, 3.05) is 13.2 Å². The molecule has 4 rings (SSSR count). The Hall–Kier alpha value is -3.69. The van der Waals surface area contributed by atoms with Crippen LogP contribution < -0.4 is 5.32 Å². The average molecular weight is 446 g/mol. The lowest BCUT2D eigenvalue weighted by Gasteiger charge is -2.12. The molecule has 0 saturated heterocycles. The van der Waals surface area contributed by atoms with Crippen LogP contribution >= 0.6 is 11.6 Å². The molecule has 160 valence electrons. The number of hydrogen-bond donors (Lipinski definition) is 1. The van der Waals surface area contributed by atoms with Crippen molar-refractivity contribution in [3.05, 3.63) is 75.9 Å². The van der Waals surface area contributed by atoms with Gasteiger partial charge in [-0.25, -0.2) is 9.78 Å². The molecule has 1 N–H and O–H groups in total. The van der Waals surface area contributed by atoms with Gasteiger partial charge in [0, 0.05) is 17.0 Å². The van der Waals surface area contributed by atoms with Crippen LogP contribution in [0.2, 0.25) is 5.02 Å². The fourth-order valence-electron chi connectivity index (χ4n) is 3.78. The molecule has 1 aromatic heterocycles. The summed E-state index contributed by atoms with van der Waals surface area (Å²) < 4.78 is 5.32. The van der Waals surface area contributed by atoms with E-state index < -0.39 is 18.5 Å². The second kappa shape index (κ2) is 9.63. The fraction of sp³-hybridized carbons (Fsp3) is 0.200. The van der Waals surface area contributed by atoms with Crippen molar-refractivity contribution in [3.8, 4) is 6.07 Å². The molecule has 7 heteroatoms. The second-order valence-electron chi connectivity index (χ2n) is 7.39. The summed E-state index contributed by atoms with van der Waals surface area (Å²) in [5, 5.41) is 12.5. The predicted octanol–water partition coefficient (Wildman–Crippen LogP) is 4.56. The van der Waals surface area contributed by atoms with Crippen LogP contribution in [0.4, 0.5) is 0 Å². The van der Waals surface area contributed by atoms with Crippen LogP contribution in [-0.4, -0.2) is 30.0 Å². The summed E-state index contributed by atoms with van der Waals surface area (Å²) in [7, 11) is 0. The maximum absolute atomic E-state index is 13.0. The number of nitrogens with one attached hydrogen (secondary N) is 1. The van der Waals surface area contributed by atoms with E-state index in [1.54, 1.807) is 0 Å². The normalized spacial score (nSPS) is 13.6. The Kier molecular flexibility index (Phi) is 6.48. The van der Waals surface area contributed by atoms with Gasteiger partial charge in [-0.05, 0) is 53.8 Å². The highest BCUT2D eigenvalue weighted by molar-refractivity contribution is 6.30. The van der Waals surface area contributed by atoms with Gasteiger partial charge in [0.1, 0.15) is 0 Å². The van der Waals surface area contributed by atoms with Crippen molar-refractivity contribution < 1.29 is 14.3 Å². The molecule has 0 atom stereocenters. The second-order valence-corrected chi connectivity index (χ2v) is 7.82. The van der Waals surface area contributed by atoms with E-state index in [-0.39, 0.29) is 13.0 Å². The van der Waals surface area contributed by atoms with Crippen molar-refractivity contribution >= 4 is 46.0 Å². The molecule has 0 fully saturated rings. The van der Waals surface area contributed by atoms with Crippen LogP contribution in [0, 0.1) is 11.3 Å². The Morgan fingerprint density at radius 2 is 1.94 bits per heavy atom. The third kappa shape index (κ3) is 4.63. The fourth-order valence-corrected chi connectivity index (χ4v) is 3.91. The number of esters is 1. The summed E-state index contributed by atoms with van der Waals surface area (Å²) in [5.41, 5.74) is 4.81. The van der Waals surface area contributed by atoms with E-state index in [2.05, 4.69) is 11.4 Å². The van der Waals surface area contributed by atoms with Gasteiger partial charge in [0.15, 0.2) is 6.61 Å². The number of benzene rings is 2. The minimum absolute atomic E-state index is 0.199. The minimum atomic E-state index is -0.553. The smallest absolute Gasteiger partial charge is 0.339 e. The average Bonchev–Trinajstić information content (AvgIpc) is 3.19. The highest BCUT2D eigenvalue weighted by Crippen LogP contribution is 2.37. The molecule has 1 aliphatic carbocycles. The molecule has 0 spiro atoms. The van der Waals surface area contributed by atoms with E-state index in [1.807, 2.05) is 54.6 Å². The summed E-state index contributed by atoms with van der Waals surface area (Å²) in [6, 6.07) is 16.9. The number of carbonyl (C=O) groups is 2. The number of amides is 1. The van der Waals surface area contributed by atoms with Crippen molar-refractivity contribution in [1.82, 2.24) is 10.3 Å². The number of nitrogens with zero attached hydrogens (tertiary/aromatic N) is 2. The monoisotopic (exact) mass is 445 g/mol. The Morgan fingerprint density at radius 1 is 1.16 bits per heavy atom. The molecule has 0 saturated carbocycles. The van der Waals surface area contributed by atoms with Crippen LogP contribution in [0.1, 0.15) is 40.0 Å². The van der Waals surface area contributed by atoms with E-state index >= 15 is 0 Å². The van der Waals surface area contributed by atoms with Gasteiger partial charge in [-0.3, -0.25) is 4.79 Å². The standard InChI is InChI=1S/C25H20ClN3O3/c26-18-9-6-16(7-10-18)14-17-8-11-20-23(19-4-1-2-5-21(19)29-24(17)20)25(31)32-15-22(30)28-13-3-12-27/h1-2,4-7,9-10,14H,3,8,11,13,15H2,(H,28,30). The number of para-hydroxylation sites is 1. The number of hydrogen-bond acceptors (Lipinski definition) is 5. The van der Waals surface area contributed by atoms with E-state index in [0.29, 0.717) is 27.9 Å². The third-order valence-electron chi connectivity index (χ3n) is 5.25. The Balaban J connectivity index is 1.66. The quantitative estimate of drug-likeness (QED) is 0.443. The van der Waals surface area contributed by atoms with Crippen molar-refractivity contribution in [3.63, 3.8) is 0 Å². The molecular formula is C25H20ClN3O3. The Bertz CT molecular complexity index is 1260. The highest BCUT2D eigenvalue weighted by Gasteiger charge is 2.27. The number of allylic oxidation sites excluding steroid dienone is 1.